The Morgan fingerprint density at radius 1 is 0.951 bits per heavy atom. The molecule has 0 spiro atoms. The first kappa shape index (κ1) is 27.8. The predicted octanol–water partition coefficient (Wildman–Crippen LogP) is 5.00. The first-order valence-corrected chi connectivity index (χ1v) is 15.6. The standard InChI is InChI=1S/C31H44N8O2/c1-3-36(4-2)30(40)23-9-8-16-38(21-23)31-34-28(27-29(35-31)39(22-32-27)26-10-6-5-7-11-26)33-24-12-14-25(15-13-24)37-17-19-41-20-18-37/h12-15,22-23,26H,3-11,16-21H2,1-2H3,(H,33,34,35). The average molecular weight is 561 g/mol. The van der Waals surface area contributed by atoms with Crippen LogP contribution in [0.1, 0.15) is 64.8 Å². The summed E-state index contributed by atoms with van der Waals surface area (Å²) in [4.78, 5) is 34.7. The first-order chi connectivity index (χ1) is 20.1. The number of fused-ring (bicyclic) bond motifs is 1. The van der Waals surface area contributed by atoms with E-state index in [1.807, 2.05) is 11.2 Å². The van der Waals surface area contributed by atoms with Crippen LogP contribution in [0.15, 0.2) is 30.6 Å². The molecule has 6 rings (SSSR count). The maximum Gasteiger partial charge on any atom is 0.229 e. The van der Waals surface area contributed by atoms with Crippen LogP contribution in [-0.4, -0.2) is 82.8 Å². The number of hydrogen-bond donors (Lipinski definition) is 1. The number of imidazole rings is 1. The molecule has 3 fully saturated rings. The molecule has 1 N–H and O–H groups in total. The van der Waals surface area contributed by atoms with Crippen molar-refractivity contribution in [2.75, 3.05) is 67.6 Å². The number of nitrogens with one attached hydrogen (secondary N) is 1. The summed E-state index contributed by atoms with van der Waals surface area (Å²) < 4.78 is 7.78. The van der Waals surface area contributed by atoms with Crippen LogP contribution in [0.2, 0.25) is 0 Å². The highest BCUT2D eigenvalue weighted by Gasteiger charge is 2.31. The fraction of sp³-hybridized carbons (Fsp3) is 0.613. The maximum atomic E-state index is 13.2. The van der Waals surface area contributed by atoms with Gasteiger partial charge in [-0.1, -0.05) is 19.3 Å². The second-order valence-corrected chi connectivity index (χ2v) is 11.6. The molecule has 1 saturated carbocycles. The molecule has 41 heavy (non-hydrogen) atoms. The zero-order valence-electron chi connectivity index (χ0n) is 24.6. The second kappa shape index (κ2) is 12.6. The van der Waals surface area contributed by atoms with Crippen molar-refractivity contribution in [1.29, 1.82) is 0 Å². The summed E-state index contributed by atoms with van der Waals surface area (Å²) in [6.07, 6.45) is 9.90. The lowest BCUT2D eigenvalue weighted by molar-refractivity contribution is -0.135. The topological polar surface area (TPSA) is 91.7 Å². The summed E-state index contributed by atoms with van der Waals surface area (Å²) in [7, 11) is 0. The van der Waals surface area contributed by atoms with Crippen LogP contribution in [0.5, 0.6) is 0 Å². The van der Waals surface area contributed by atoms with Crippen molar-refractivity contribution in [3.8, 4) is 0 Å². The Labute approximate surface area is 243 Å². The Kier molecular flexibility index (Phi) is 8.55. The van der Waals surface area contributed by atoms with Gasteiger partial charge in [0.25, 0.3) is 0 Å². The Morgan fingerprint density at radius 3 is 2.44 bits per heavy atom. The van der Waals surface area contributed by atoms with Gasteiger partial charge in [-0.25, -0.2) is 4.98 Å². The maximum absolute atomic E-state index is 13.2. The third-order valence-electron chi connectivity index (χ3n) is 9.01. The Balaban J connectivity index is 1.31. The van der Waals surface area contributed by atoms with Gasteiger partial charge >= 0.3 is 0 Å². The molecule has 1 aromatic carbocycles. The summed E-state index contributed by atoms with van der Waals surface area (Å²) in [5.41, 5.74) is 3.84. The molecule has 220 valence electrons. The lowest BCUT2D eigenvalue weighted by Gasteiger charge is -2.34. The van der Waals surface area contributed by atoms with Gasteiger partial charge in [-0.2, -0.15) is 9.97 Å². The second-order valence-electron chi connectivity index (χ2n) is 11.6. The summed E-state index contributed by atoms with van der Waals surface area (Å²) in [6.45, 7) is 10.4. The Bertz CT molecular complexity index is 1310. The zero-order chi connectivity index (χ0) is 28.2. The van der Waals surface area contributed by atoms with Gasteiger partial charge in [0.05, 0.1) is 25.5 Å². The van der Waals surface area contributed by atoms with Crippen molar-refractivity contribution in [2.45, 2.75) is 64.8 Å². The van der Waals surface area contributed by atoms with Gasteiger partial charge in [-0.15, -0.1) is 0 Å². The van der Waals surface area contributed by atoms with Gasteiger partial charge in [-0.3, -0.25) is 4.79 Å². The van der Waals surface area contributed by atoms with E-state index in [1.165, 1.54) is 24.9 Å². The molecule has 10 nitrogen and oxygen atoms in total. The van der Waals surface area contributed by atoms with Crippen molar-refractivity contribution in [2.24, 2.45) is 5.92 Å². The number of carbonyl (C=O) groups excluding carboxylic acids is 1. The number of ether oxygens (including phenoxy) is 1. The van der Waals surface area contributed by atoms with E-state index in [1.54, 1.807) is 0 Å². The Morgan fingerprint density at radius 2 is 1.71 bits per heavy atom. The summed E-state index contributed by atoms with van der Waals surface area (Å²) in [5.74, 6) is 1.61. The van der Waals surface area contributed by atoms with Crippen molar-refractivity contribution in [1.82, 2.24) is 24.4 Å². The third kappa shape index (κ3) is 5.98. The number of rotatable bonds is 8. The fourth-order valence-electron chi connectivity index (χ4n) is 6.63. The van der Waals surface area contributed by atoms with E-state index in [2.05, 4.69) is 57.8 Å². The summed E-state index contributed by atoms with van der Waals surface area (Å²) >= 11 is 0. The minimum absolute atomic E-state index is 0.0321. The zero-order valence-corrected chi connectivity index (χ0v) is 24.6. The van der Waals surface area contributed by atoms with E-state index in [-0.39, 0.29) is 11.8 Å². The highest BCUT2D eigenvalue weighted by molar-refractivity contribution is 5.87. The number of amides is 1. The number of piperidine rings is 1. The molecule has 3 aliphatic rings. The van der Waals surface area contributed by atoms with E-state index in [0.29, 0.717) is 18.5 Å². The summed E-state index contributed by atoms with van der Waals surface area (Å²) in [5, 5.41) is 3.57. The molecule has 0 radical (unpaired) electrons. The number of hydrogen-bond acceptors (Lipinski definition) is 8. The monoisotopic (exact) mass is 560 g/mol. The van der Waals surface area contributed by atoms with Crippen LogP contribution in [0.25, 0.3) is 11.2 Å². The number of carbonyl (C=O) groups is 1. The number of morpholine rings is 1. The number of aromatic nitrogens is 4. The van der Waals surface area contributed by atoms with Gasteiger partial charge in [0.15, 0.2) is 17.0 Å². The van der Waals surface area contributed by atoms with E-state index < -0.39 is 0 Å². The highest BCUT2D eigenvalue weighted by atomic mass is 16.5. The van der Waals surface area contributed by atoms with Crippen LogP contribution in [0.4, 0.5) is 23.1 Å². The van der Waals surface area contributed by atoms with Crippen LogP contribution in [-0.2, 0) is 9.53 Å². The van der Waals surface area contributed by atoms with E-state index in [0.717, 1.165) is 94.3 Å². The SMILES string of the molecule is CCN(CC)C(=O)C1CCCN(c2nc(Nc3ccc(N4CCOCC4)cc3)c3ncn(C4CCCCC4)c3n2)C1. The molecule has 3 aromatic rings. The lowest BCUT2D eigenvalue weighted by Crippen LogP contribution is -2.45. The third-order valence-corrected chi connectivity index (χ3v) is 9.01. The molecule has 4 heterocycles. The minimum Gasteiger partial charge on any atom is -0.378 e. The molecule has 1 amide bonds. The predicted molar refractivity (Wildman–Crippen MR) is 163 cm³/mol. The molecule has 2 aliphatic heterocycles. The number of benzene rings is 1. The fourth-order valence-corrected chi connectivity index (χ4v) is 6.63. The quantitative estimate of drug-likeness (QED) is 0.412. The van der Waals surface area contributed by atoms with E-state index in [4.69, 9.17) is 19.7 Å². The van der Waals surface area contributed by atoms with Gasteiger partial charge < -0.3 is 29.3 Å². The Hall–Kier alpha value is -3.40. The van der Waals surface area contributed by atoms with E-state index >= 15 is 0 Å². The molecule has 1 aliphatic carbocycles. The van der Waals surface area contributed by atoms with Gasteiger partial charge in [0.1, 0.15) is 0 Å². The normalized spacial score (nSPS) is 20.4. The number of anilines is 4. The average Bonchev–Trinajstić information content (AvgIpc) is 3.47. The highest BCUT2D eigenvalue weighted by Crippen LogP contribution is 2.34. The molecule has 2 aromatic heterocycles. The van der Waals surface area contributed by atoms with Crippen molar-refractivity contribution in [3.05, 3.63) is 30.6 Å². The van der Waals surface area contributed by atoms with Gasteiger partial charge in [0.2, 0.25) is 11.9 Å². The molecular formula is C31H44N8O2. The molecule has 1 atom stereocenters. The summed E-state index contributed by atoms with van der Waals surface area (Å²) in [6, 6.07) is 8.94. The minimum atomic E-state index is -0.0321. The molecular weight excluding hydrogens is 516 g/mol. The van der Waals surface area contributed by atoms with Crippen LogP contribution >= 0.6 is 0 Å². The van der Waals surface area contributed by atoms with Gasteiger partial charge in [0, 0.05) is 56.7 Å². The first-order valence-electron chi connectivity index (χ1n) is 15.6. The van der Waals surface area contributed by atoms with E-state index in [9.17, 15) is 4.79 Å². The van der Waals surface area contributed by atoms with Crippen LogP contribution in [0.3, 0.4) is 0 Å². The smallest absolute Gasteiger partial charge is 0.229 e. The van der Waals surface area contributed by atoms with Gasteiger partial charge in [-0.05, 0) is 63.8 Å². The molecule has 0 bridgehead atoms. The molecule has 1 unspecified atom stereocenters. The number of nitrogens with zero attached hydrogens (tertiary/aromatic N) is 7. The van der Waals surface area contributed by atoms with Crippen LogP contribution < -0.4 is 15.1 Å². The molecule has 10 heteroatoms. The van der Waals surface area contributed by atoms with Crippen molar-refractivity contribution < 1.29 is 9.53 Å². The largest absolute Gasteiger partial charge is 0.378 e. The van der Waals surface area contributed by atoms with Crippen LogP contribution in [0, 0.1) is 5.92 Å². The lowest BCUT2D eigenvalue weighted by atomic mass is 9.95. The van der Waals surface area contributed by atoms with Crippen molar-refractivity contribution >= 4 is 40.2 Å². The molecule has 2 saturated heterocycles. The van der Waals surface area contributed by atoms with Crippen molar-refractivity contribution in [3.63, 3.8) is 0 Å².